The van der Waals surface area contributed by atoms with E-state index in [1.54, 1.807) is 0 Å². The van der Waals surface area contributed by atoms with Gasteiger partial charge in [0.25, 0.3) is 0 Å². The summed E-state index contributed by atoms with van der Waals surface area (Å²) in [4.78, 5) is 4.59. The van der Waals surface area contributed by atoms with Gasteiger partial charge in [-0.15, -0.1) is 0 Å². The van der Waals surface area contributed by atoms with E-state index in [0.29, 0.717) is 0 Å². The first-order valence-electron chi connectivity index (χ1n) is 6.59. The summed E-state index contributed by atoms with van der Waals surface area (Å²) in [5.74, 6) is 0. The molecule has 2 aromatic carbocycles. The topological polar surface area (TPSA) is 12.9 Å². The molecule has 0 spiro atoms. The van der Waals surface area contributed by atoms with Crippen molar-refractivity contribution in [2.24, 2.45) is 0 Å². The highest BCUT2D eigenvalue weighted by molar-refractivity contribution is 5.94. The molecular formula is C18H17N. The molecule has 1 heteroatoms. The van der Waals surface area contributed by atoms with Crippen LogP contribution in [0, 0.1) is 20.8 Å². The summed E-state index contributed by atoms with van der Waals surface area (Å²) >= 11 is 0. The highest BCUT2D eigenvalue weighted by Crippen LogP contribution is 2.29. The van der Waals surface area contributed by atoms with Gasteiger partial charge in [0.1, 0.15) is 0 Å². The monoisotopic (exact) mass is 247 g/mol. The van der Waals surface area contributed by atoms with Crippen LogP contribution < -0.4 is 0 Å². The number of benzene rings is 2. The second-order valence-corrected chi connectivity index (χ2v) is 5.12. The van der Waals surface area contributed by atoms with Crippen LogP contribution in [0.15, 0.2) is 48.7 Å². The summed E-state index contributed by atoms with van der Waals surface area (Å²) in [6, 6.07) is 14.9. The molecule has 19 heavy (non-hydrogen) atoms. The van der Waals surface area contributed by atoms with E-state index < -0.39 is 0 Å². The third-order valence-electron chi connectivity index (χ3n) is 3.87. The highest BCUT2D eigenvalue weighted by Gasteiger charge is 2.07. The Balaban J connectivity index is 2.31. The fourth-order valence-electron chi connectivity index (χ4n) is 2.52. The molecule has 94 valence electrons. The van der Waals surface area contributed by atoms with E-state index in [9.17, 15) is 0 Å². The van der Waals surface area contributed by atoms with E-state index >= 15 is 0 Å². The van der Waals surface area contributed by atoms with Crippen LogP contribution in [0.2, 0.25) is 0 Å². The summed E-state index contributed by atoms with van der Waals surface area (Å²) < 4.78 is 0. The highest BCUT2D eigenvalue weighted by atomic mass is 14.7. The lowest BCUT2D eigenvalue weighted by Gasteiger charge is -2.10. The number of hydrogen-bond donors (Lipinski definition) is 0. The van der Waals surface area contributed by atoms with Gasteiger partial charge in [-0.1, -0.05) is 24.3 Å². The van der Waals surface area contributed by atoms with Crippen LogP contribution in [0.4, 0.5) is 0 Å². The number of aromatic nitrogens is 1. The van der Waals surface area contributed by atoms with E-state index in [2.05, 4.69) is 68.2 Å². The lowest BCUT2D eigenvalue weighted by atomic mass is 9.97. The van der Waals surface area contributed by atoms with Crippen molar-refractivity contribution in [2.45, 2.75) is 20.8 Å². The third kappa shape index (κ3) is 2.01. The number of hydrogen-bond acceptors (Lipinski definition) is 1. The van der Waals surface area contributed by atoms with Gasteiger partial charge in [0, 0.05) is 17.1 Å². The molecule has 0 aliphatic carbocycles. The summed E-state index contributed by atoms with van der Waals surface area (Å²) in [5, 5.41) is 2.45. The van der Waals surface area contributed by atoms with Crippen molar-refractivity contribution in [3.8, 4) is 11.3 Å². The van der Waals surface area contributed by atoms with Crippen LogP contribution in [0.5, 0.6) is 0 Å². The molecule has 1 aromatic heterocycles. The normalized spacial score (nSPS) is 10.9. The Morgan fingerprint density at radius 3 is 2.26 bits per heavy atom. The van der Waals surface area contributed by atoms with Crippen molar-refractivity contribution in [3.05, 3.63) is 65.4 Å². The first kappa shape index (κ1) is 11.9. The third-order valence-corrected chi connectivity index (χ3v) is 3.87. The Morgan fingerprint density at radius 1 is 0.842 bits per heavy atom. The van der Waals surface area contributed by atoms with E-state index in [4.69, 9.17) is 0 Å². The minimum atomic E-state index is 1.07. The van der Waals surface area contributed by atoms with Crippen LogP contribution >= 0.6 is 0 Å². The second-order valence-electron chi connectivity index (χ2n) is 5.12. The second kappa shape index (κ2) is 4.51. The van der Waals surface area contributed by atoms with Crippen LogP contribution in [0.1, 0.15) is 16.7 Å². The molecule has 0 unspecified atom stereocenters. The van der Waals surface area contributed by atoms with Gasteiger partial charge >= 0.3 is 0 Å². The van der Waals surface area contributed by atoms with E-state index in [0.717, 1.165) is 5.69 Å². The van der Waals surface area contributed by atoms with E-state index in [1.165, 1.54) is 33.0 Å². The van der Waals surface area contributed by atoms with Crippen molar-refractivity contribution >= 4 is 10.8 Å². The SMILES string of the molecule is Cc1cc(-c2nccc3ccccc23)cc(C)c1C. The molecule has 0 saturated heterocycles. The summed E-state index contributed by atoms with van der Waals surface area (Å²) in [5.41, 5.74) is 6.29. The van der Waals surface area contributed by atoms with Gasteiger partial charge in [0.2, 0.25) is 0 Å². The Bertz CT molecular complexity index is 728. The molecule has 3 rings (SSSR count). The quantitative estimate of drug-likeness (QED) is 0.600. The standard InChI is InChI=1S/C18H17N/c1-12-10-16(11-13(2)14(12)3)18-17-7-5-4-6-15(17)8-9-19-18/h4-11H,1-3H3. The lowest BCUT2D eigenvalue weighted by Crippen LogP contribution is -1.91. The molecule has 0 aliphatic rings. The van der Waals surface area contributed by atoms with E-state index in [-0.39, 0.29) is 0 Å². The Morgan fingerprint density at radius 2 is 1.53 bits per heavy atom. The van der Waals surface area contributed by atoms with Gasteiger partial charge < -0.3 is 0 Å². The number of nitrogens with zero attached hydrogens (tertiary/aromatic N) is 1. The maximum Gasteiger partial charge on any atom is 0.0780 e. The first-order valence-corrected chi connectivity index (χ1v) is 6.59. The largest absolute Gasteiger partial charge is 0.256 e. The molecule has 0 fully saturated rings. The van der Waals surface area contributed by atoms with Crippen molar-refractivity contribution in [2.75, 3.05) is 0 Å². The number of aryl methyl sites for hydroxylation is 2. The molecular weight excluding hydrogens is 230 g/mol. The first-order chi connectivity index (χ1) is 9.16. The predicted octanol–water partition coefficient (Wildman–Crippen LogP) is 4.83. The van der Waals surface area contributed by atoms with Gasteiger partial charge in [-0.05, 0) is 61.0 Å². The van der Waals surface area contributed by atoms with Crippen LogP contribution in [0.25, 0.3) is 22.0 Å². The van der Waals surface area contributed by atoms with Gasteiger partial charge in [-0.25, -0.2) is 0 Å². The van der Waals surface area contributed by atoms with Crippen molar-refractivity contribution < 1.29 is 0 Å². The van der Waals surface area contributed by atoms with Crippen molar-refractivity contribution in [1.82, 2.24) is 4.98 Å². The summed E-state index contributed by atoms with van der Waals surface area (Å²) in [6.45, 7) is 6.50. The fraction of sp³-hybridized carbons (Fsp3) is 0.167. The van der Waals surface area contributed by atoms with Gasteiger partial charge in [0.15, 0.2) is 0 Å². The zero-order valence-corrected chi connectivity index (χ0v) is 11.6. The summed E-state index contributed by atoms with van der Waals surface area (Å²) in [7, 11) is 0. The average molecular weight is 247 g/mol. The molecule has 0 saturated carbocycles. The molecule has 0 N–H and O–H groups in total. The van der Waals surface area contributed by atoms with Gasteiger partial charge in [-0.2, -0.15) is 0 Å². The van der Waals surface area contributed by atoms with Crippen molar-refractivity contribution in [3.63, 3.8) is 0 Å². The van der Waals surface area contributed by atoms with Gasteiger partial charge in [0.05, 0.1) is 5.69 Å². The molecule has 0 bridgehead atoms. The van der Waals surface area contributed by atoms with Crippen LogP contribution in [-0.2, 0) is 0 Å². The Labute approximate surface area is 113 Å². The molecule has 1 nitrogen and oxygen atoms in total. The Hall–Kier alpha value is -2.15. The minimum absolute atomic E-state index is 1.07. The molecule has 1 heterocycles. The minimum Gasteiger partial charge on any atom is -0.256 e. The molecule has 0 aliphatic heterocycles. The molecule has 0 amide bonds. The zero-order chi connectivity index (χ0) is 13.4. The number of fused-ring (bicyclic) bond motifs is 1. The molecule has 3 aromatic rings. The van der Waals surface area contributed by atoms with Crippen LogP contribution in [0.3, 0.4) is 0 Å². The van der Waals surface area contributed by atoms with Gasteiger partial charge in [-0.3, -0.25) is 4.98 Å². The van der Waals surface area contributed by atoms with Crippen LogP contribution in [-0.4, -0.2) is 4.98 Å². The molecule has 0 radical (unpaired) electrons. The number of pyridine rings is 1. The zero-order valence-electron chi connectivity index (χ0n) is 11.6. The maximum atomic E-state index is 4.59. The number of rotatable bonds is 1. The smallest absolute Gasteiger partial charge is 0.0780 e. The Kier molecular flexibility index (Phi) is 2.83. The average Bonchev–Trinajstić information content (AvgIpc) is 2.43. The predicted molar refractivity (Wildman–Crippen MR) is 81.4 cm³/mol. The lowest BCUT2D eigenvalue weighted by molar-refractivity contribution is 1.25. The van der Waals surface area contributed by atoms with Crippen molar-refractivity contribution in [1.29, 1.82) is 0 Å². The fourth-order valence-corrected chi connectivity index (χ4v) is 2.52. The maximum absolute atomic E-state index is 4.59. The molecule has 0 atom stereocenters. The van der Waals surface area contributed by atoms with E-state index in [1.807, 2.05) is 6.20 Å². The summed E-state index contributed by atoms with van der Waals surface area (Å²) in [6.07, 6.45) is 1.89.